The van der Waals surface area contributed by atoms with Crippen molar-refractivity contribution in [2.45, 2.75) is 12.5 Å². The third-order valence-electron chi connectivity index (χ3n) is 3.49. The highest BCUT2D eigenvalue weighted by Crippen LogP contribution is 2.27. The number of ether oxygens (including phenoxy) is 2. The summed E-state index contributed by atoms with van der Waals surface area (Å²) in [5.41, 5.74) is 0.501. The summed E-state index contributed by atoms with van der Waals surface area (Å²) in [5, 5.41) is 3.00. The van der Waals surface area contributed by atoms with Gasteiger partial charge in [-0.1, -0.05) is 0 Å². The van der Waals surface area contributed by atoms with E-state index < -0.39 is 9.84 Å². The van der Waals surface area contributed by atoms with Crippen LogP contribution in [0, 0.1) is 0 Å². The first kappa shape index (κ1) is 15.8. The average Bonchev–Trinajstić information content (AvgIpc) is 2.83. The predicted octanol–water partition coefficient (Wildman–Crippen LogP) is 0.663. The lowest BCUT2D eigenvalue weighted by Gasteiger charge is -2.11. The molecule has 116 valence electrons. The van der Waals surface area contributed by atoms with Crippen molar-refractivity contribution in [3.05, 3.63) is 23.8 Å². The zero-order valence-corrected chi connectivity index (χ0v) is 12.9. The molecule has 2 rings (SSSR count). The number of hydrogen-bond acceptors (Lipinski definition) is 6. The van der Waals surface area contributed by atoms with Gasteiger partial charge in [-0.2, -0.15) is 0 Å². The molecule has 0 amide bonds. The second-order valence-electron chi connectivity index (χ2n) is 4.97. The third-order valence-corrected chi connectivity index (χ3v) is 5.26. The van der Waals surface area contributed by atoms with Crippen LogP contribution in [0.15, 0.2) is 18.2 Å². The van der Waals surface area contributed by atoms with Gasteiger partial charge in [0.15, 0.2) is 27.1 Å². The number of sulfone groups is 1. The first-order valence-electron chi connectivity index (χ1n) is 6.64. The minimum absolute atomic E-state index is 0.103. The summed E-state index contributed by atoms with van der Waals surface area (Å²) in [6.07, 6.45) is 0.557. The van der Waals surface area contributed by atoms with Crippen molar-refractivity contribution >= 4 is 15.6 Å². The van der Waals surface area contributed by atoms with E-state index in [-0.39, 0.29) is 29.9 Å². The number of carbonyl (C=O) groups is 1. The summed E-state index contributed by atoms with van der Waals surface area (Å²) in [7, 11) is 0.0989. The third kappa shape index (κ3) is 3.95. The normalized spacial score (nSPS) is 20.2. The van der Waals surface area contributed by atoms with Gasteiger partial charge in [0.2, 0.25) is 0 Å². The molecule has 0 radical (unpaired) electrons. The highest BCUT2D eigenvalue weighted by atomic mass is 32.2. The molecule has 0 unspecified atom stereocenters. The van der Waals surface area contributed by atoms with Crippen molar-refractivity contribution in [1.82, 2.24) is 5.32 Å². The van der Waals surface area contributed by atoms with Crippen LogP contribution in [-0.2, 0) is 9.84 Å². The maximum atomic E-state index is 12.1. The van der Waals surface area contributed by atoms with Gasteiger partial charge in [-0.25, -0.2) is 8.42 Å². The number of benzene rings is 1. The van der Waals surface area contributed by atoms with E-state index in [0.717, 1.165) is 0 Å². The van der Waals surface area contributed by atoms with Gasteiger partial charge in [0.05, 0.1) is 32.3 Å². The van der Waals surface area contributed by atoms with Gasteiger partial charge in [-0.3, -0.25) is 4.79 Å². The Morgan fingerprint density at radius 3 is 2.57 bits per heavy atom. The highest BCUT2D eigenvalue weighted by molar-refractivity contribution is 7.91. The van der Waals surface area contributed by atoms with Crippen molar-refractivity contribution in [3.63, 3.8) is 0 Å². The van der Waals surface area contributed by atoms with E-state index in [1.165, 1.54) is 14.2 Å². The molecule has 0 bridgehead atoms. The topological polar surface area (TPSA) is 81.7 Å². The number of nitrogens with one attached hydrogen (secondary N) is 1. The standard InChI is InChI=1S/C14H19NO5S/c1-19-13-4-3-10(7-14(13)20-2)12(16)8-15-11-5-6-21(17,18)9-11/h3-4,7,11,15H,5-6,8-9H2,1-2H3/t11-/m1/s1. The Morgan fingerprint density at radius 1 is 1.29 bits per heavy atom. The highest BCUT2D eigenvalue weighted by Gasteiger charge is 2.27. The van der Waals surface area contributed by atoms with Crippen LogP contribution in [0.5, 0.6) is 11.5 Å². The monoisotopic (exact) mass is 313 g/mol. The summed E-state index contributed by atoms with van der Waals surface area (Å²) in [5.74, 6) is 1.23. The molecule has 1 heterocycles. The first-order valence-corrected chi connectivity index (χ1v) is 8.46. The molecule has 0 saturated carbocycles. The summed E-state index contributed by atoms with van der Waals surface area (Å²) in [6, 6.07) is 4.82. The summed E-state index contributed by atoms with van der Waals surface area (Å²) < 4.78 is 33.0. The van der Waals surface area contributed by atoms with Gasteiger partial charge in [-0.15, -0.1) is 0 Å². The van der Waals surface area contributed by atoms with Crippen molar-refractivity contribution in [3.8, 4) is 11.5 Å². The smallest absolute Gasteiger partial charge is 0.176 e. The van der Waals surface area contributed by atoms with Gasteiger partial charge >= 0.3 is 0 Å². The van der Waals surface area contributed by atoms with Crippen LogP contribution in [0.3, 0.4) is 0 Å². The van der Waals surface area contributed by atoms with E-state index in [4.69, 9.17) is 9.47 Å². The molecule has 0 aromatic heterocycles. The number of ketones is 1. The fourth-order valence-electron chi connectivity index (χ4n) is 2.30. The van der Waals surface area contributed by atoms with Crippen LogP contribution < -0.4 is 14.8 Å². The molecule has 6 nitrogen and oxygen atoms in total. The molecule has 1 saturated heterocycles. The zero-order valence-electron chi connectivity index (χ0n) is 12.1. The molecule has 1 atom stereocenters. The predicted molar refractivity (Wildman–Crippen MR) is 78.9 cm³/mol. The molecule has 21 heavy (non-hydrogen) atoms. The number of methoxy groups -OCH3 is 2. The second-order valence-corrected chi connectivity index (χ2v) is 7.20. The second kappa shape index (κ2) is 6.44. The van der Waals surface area contributed by atoms with Crippen LogP contribution in [0.2, 0.25) is 0 Å². The maximum Gasteiger partial charge on any atom is 0.176 e. The minimum Gasteiger partial charge on any atom is -0.493 e. The Bertz CT molecular complexity index is 626. The van der Waals surface area contributed by atoms with Crippen molar-refractivity contribution in [2.75, 3.05) is 32.3 Å². The van der Waals surface area contributed by atoms with Gasteiger partial charge < -0.3 is 14.8 Å². The van der Waals surface area contributed by atoms with Crippen molar-refractivity contribution < 1.29 is 22.7 Å². The first-order chi connectivity index (χ1) is 9.95. The van der Waals surface area contributed by atoms with E-state index in [1.54, 1.807) is 18.2 Å². The Balaban J connectivity index is 1.97. The largest absolute Gasteiger partial charge is 0.493 e. The fraction of sp³-hybridized carbons (Fsp3) is 0.500. The molecule has 1 aromatic carbocycles. The summed E-state index contributed by atoms with van der Waals surface area (Å²) >= 11 is 0. The van der Waals surface area contributed by atoms with E-state index in [9.17, 15) is 13.2 Å². The quantitative estimate of drug-likeness (QED) is 0.777. The minimum atomic E-state index is -2.94. The van der Waals surface area contributed by atoms with Crippen LogP contribution >= 0.6 is 0 Å². The van der Waals surface area contributed by atoms with Gasteiger partial charge in [-0.05, 0) is 24.6 Å². The molecule has 1 fully saturated rings. The fourth-order valence-corrected chi connectivity index (χ4v) is 4.01. The Kier molecular flexibility index (Phi) is 4.84. The number of rotatable bonds is 6. The molecular weight excluding hydrogens is 294 g/mol. The van der Waals surface area contributed by atoms with Crippen molar-refractivity contribution in [1.29, 1.82) is 0 Å². The van der Waals surface area contributed by atoms with Crippen molar-refractivity contribution in [2.24, 2.45) is 0 Å². The van der Waals surface area contributed by atoms with Gasteiger partial charge in [0.1, 0.15) is 0 Å². The lowest BCUT2D eigenvalue weighted by atomic mass is 10.1. The maximum absolute atomic E-state index is 12.1. The lowest BCUT2D eigenvalue weighted by Crippen LogP contribution is -2.34. The molecular formula is C14H19NO5S. The van der Waals surface area contributed by atoms with Crippen LogP contribution in [0.1, 0.15) is 16.8 Å². The molecule has 1 aromatic rings. The molecule has 1 N–H and O–H groups in total. The van der Waals surface area contributed by atoms with Gasteiger partial charge in [0, 0.05) is 11.6 Å². The summed E-state index contributed by atoms with van der Waals surface area (Å²) in [6.45, 7) is 0.107. The SMILES string of the molecule is COc1ccc(C(=O)CN[C@@H]2CCS(=O)(=O)C2)cc1OC. The number of Topliss-reactive ketones (excluding diaryl/α,β-unsaturated/α-hetero) is 1. The number of carbonyl (C=O) groups excluding carboxylic acids is 1. The molecule has 7 heteroatoms. The van der Waals surface area contributed by atoms with Gasteiger partial charge in [0.25, 0.3) is 0 Å². The summed E-state index contributed by atoms with van der Waals surface area (Å²) in [4.78, 5) is 12.1. The Hall–Kier alpha value is -1.60. The molecule has 0 aliphatic carbocycles. The van der Waals surface area contributed by atoms with Crippen LogP contribution in [0.4, 0.5) is 0 Å². The van der Waals surface area contributed by atoms with E-state index in [1.807, 2.05) is 0 Å². The van der Waals surface area contributed by atoms with E-state index in [0.29, 0.717) is 23.5 Å². The van der Waals surface area contributed by atoms with E-state index in [2.05, 4.69) is 5.32 Å². The van der Waals surface area contributed by atoms with Crippen LogP contribution in [-0.4, -0.2) is 52.5 Å². The molecule has 1 aliphatic heterocycles. The average molecular weight is 313 g/mol. The van der Waals surface area contributed by atoms with E-state index >= 15 is 0 Å². The number of hydrogen-bond donors (Lipinski definition) is 1. The molecule has 1 aliphatic rings. The Labute approximate surface area is 124 Å². The molecule has 0 spiro atoms. The van der Waals surface area contributed by atoms with Crippen LogP contribution in [0.25, 0.3) is 0 Å². The zero-order chi connectivity index (χ0) is 15.5. The lowest BCUT2D eigenvalue weighted by molar-refractivity contribution is 0.0987. The Morgan fingerprint density at radius 2 is 2.00 bits per heavy atom.